The highest BCUT2D eigenvalue weighted by Gasteiger charge is 2.36. The molecule has 1 aliphatic heterocycles. The van der Waals surface area contributed by atoms with E-state index < -0.39 is 15.9 Å². The molecule has 1 aromatic carbocycles. The number of sulfonamides is 1. The summed E-state index contributed by atoms with van der Waals surface area (Å²) < 4.78 is 28.5. The summed E-state index contributed by atoms with van der Waals surface area (Å²) in [5.41, 5.74) is 1.12. The second-order valence-electron chi connectivity index (χ2n) is 8.24. The van der Waals surface area contributed by atoms with Crippen LogP contribution in [0.1, 0.15) is 59.5 Å². The molecule has 0 unspecified atom stereocenters. The molecule has 0 spiro atoms. The quantitative estimate of drug-likeness (QED) is 0.740. The molecule has 1 fully saturated rings. The average Bonchev–Trinajstić information content (AvgIpc) is 2.97. The van der Waals surface area contributed by atoms with Crippen molar-refractivity contribution in [3.05, 3.63) is 59.4 Å². The summed E-state index contributed by atoms with van der Waals surface area (Å²) in [4.78, 5) is 30.2. The van der Waals surface area contributed by atoms with E-state index in [1.807, 2.05) is 0 Å². The molecule has 2 amide bonds. The first-order valence-corrected chi connectivity index (χ1v) is 11.7. The van der Waals surface area contributed by atoms with E-state index >= 15 is 0 Å². The summed E-state index contributed by atoms with van der Waals surface area (Å²) in [5, 5.41) is 0. The fourth-order valence-corrected chi connectivity index (χ4v) is 5.59. The minimum atomic E-state index is -3.63. The first-order valence-electron chi connectivity index (χ1n) is 10.2. The Morgan fingerprint density at radius 3 is 2.50 bits per heavy atom. The van der Waals surface area contributed by atoms with Crippen molar-refractivity contribution in [1.29, 1.82) is 0 Å². The molecule has 2 aromatic rings. The molecule has 0 radical (unpaired) electrons. The Hall–Kier alpha value is -2.58. The summed E-state index contributed by atoms with van der Waals surface area (Å²) in [6, 6.07) is 9.45. The number of benzene rings is 1. The molecule has 158 valence electrons. The molecule has 3 atom stereocenters. The van der Waals surface area contributed by atoms with Gasteiger partial charge in [-0.05, 0) is 48.1 Å². The summed E-state index contributed by atoms with van der Waals surface area (Å²) in [6.07, 6.45) is 4.47. The van der Waals surface area contributed by atoms with E-state index in [1.165, 1.54) is 18.3 Å². The van der Waals surface area contributed by atoms with Crippen molar-refractivity contribution >= 4 is 21.8 Å². The predicted octanol–water partition coefficient (Wildman–Crippen LogP) is 2.98. The van der Waals surface area contributed by atoms with Crippen molar-refractivity contribution in [2.45, 2.75) is 50.6 Å². The molecule has 30 heavy (non-hydrogen) atoms. The fraction of sp³-hybridized carbons (Fsp3) is 0.409. The highest BCUT2D eigenvalue weighted by Crippen LogP contribution is 2.30. The molecule has 1 N–H and O–H groups in total. The second kappa shape index (κ2) is 7.92. The standard InChI is InChI=1S/C22H25N3O4S/c1-14-5-3-7-19(15(14)2)24-30(28,29)17-10-8-16(9-11-17)13-25-21(26)18-6-4-12-23-20(18)22(25)27/h4,6,8-12,14-15,19,24H,3,5,7,13H2,1-2H3/t14-,15-,19+/m1/s1. The van der Waals surface area contributed by atoms with Crippen LogP contribution in [0.4, 0.5) is 0 Å². The molecule has 2 aliphatic rings. The van der Waals surface area contributed by atoms with Crippen LogP contribution in [-0.4, -0.2) is 36.2 Å². The number of pyridine rings is 1. The maximum Gasteiger partial charge on any atom is 0.280 e. The third-order valence-electron chi connectivity index (χ3n) is 6.32. The first kappa shape index (κ1) is 20.7. The van der Waals surface area contributed by atoms with Crippen molar-refractivity contribution < 1.29 is 18.0 Å². The van der Waals surface area contributed by atoms with Crippen molar-refractivity contribution in [2.75, 3.05) is 0 Å². The van der Waals surface area contributed by atoms with E-state index in [9.17, 15) is 18.0 Å². The van der Waals surface area contributed by atoms with Gasteiger partial charge in [-0.3, -0.25) is 19.5 Å². The zero-order valence-electron chi connectivity index (χ0n) is 17.0. The van der Waals surface area contributed by atoms with E-state index in [1.54, 1.807) is 24.3 Å². The summed E-state index contributed by atoms with van der Waals surface area (Å²) in [7, 11) is -3.63. The normalized spacial score (nSPS) is 24.2. The number of carbonyl (C=O) groups is 2. The lowest BCUT2D eigenvalue weighted by Gasteiger charge is -2.34. The van der Waals surface area contributed by atoms with Crippen LogP contribution in [0.3, 0.4) is 0 Å². The van der Waals surface area contributed by atoms with Gasteiger partial charge in [0.2, 0.25) is 10.0 Å². The SMILES string of the molecule is C[C@@H]1[C@H](C)CCC[C@@H]1NS(=O)(=O)c1ccc(CN2C(=O)c3cccnc3C2=O)cc1. The molecule has 7 nitrogen and oxygen atoms in total. The van der Waals surface area contributed by atoms with Crippen molar-refractivity contribution in [2.24, 2.45) is 11.8 Å². The lowest BCUT2D eigenvalue weighted by molar-refractivity contribution is 0.0640. The van der Waals surface area contributed by atoms with E-state index in [2.05, 4.69) is 23.6 Å². The van der Waals surface area contributed by atoms with E-state index in [0.29, 0.717) is 17.0 Å². The fourth-order valence-electron chi connectivity index (χ4n) is 4.23. The Morgan fingerprint density at radius 2 is 1.80 bits per heavy atom. The average molecular weight is 428 g/mol. The number of hydrogen-bond donors (Lipinski definition) is 1. The van der Waals surface area contributed by atoms with Gasteiger partial charge in [-0.1, -0.05) is 38.8 Å². The molecular formula is C22H25N3O4S. The molecule has 1 aliphatic carbocycles. The number of amides is 2. The third kappa shape index (κ3) is 3.77. The number of nitrogens with zero attached hydrogens (tertiary/aromatic N) is 2. The predicted molar refractivity (Wildman–Crippen MR) is 111 cm³/mol. The number of aromatic nitrogens is 1. The van der Waals surface area contributed by atoms with E-state index in [0.717, 1.165) is 24.2 Å². The largest absolute Gasteiger partial charge is 0.280 e. The van der Waals surface area contributed by atoms with Crippen LogP contribution in [0.25, 0.3) is 0 Å². The number of imide groups is 1. The monoisotopic (exact) mass is 427 g/mol. The van der Waals surface area contributed by atoms with Crippen LogP contribution in [0.15, 0.2) is 47.5 Å². The Kier molecular flexibility index (Phi) is 5.46. The van der Waals surface area contributed by atoms with Gasteiger partial charge in [0.25, 0.3) is 11.8 Å². The number of fused-ring (bicyclic) bond motifs is 1. The third-order valence-corrected chi connectivity index (χ3v) is 7.82. The Bertz CT molecular complexity index is 1050. The molecule has 1 aromatic heterocycles. The van der Waals surface area contributed by atoms with Gasteiger partial charge in [-0.15, -0.1) is 0 Å². The number of rotatable bonds is 5. The lowest BCUT2D eigenvalue weighted by atomic mass is 9.78. The Balaban J connectivity index is 1.47. The van der Waals surface area contributed by atoms with Crippen molar-refractivity contribution in [3.63, 3.8) is 0 Å². The van der Waals surface area contributed by atoms with Crippen LogP contribution >= 0.6 is 0 Å². The van der Waals surface area contributed by atoms with Gasteiger partial charge in [0.1, 0.15) is 5.69 Å². The number of hydrogen-bond acceptors (Lipinski definition) is 5. The van der Waals surface area contributed by atoms with E-state index in [4.69, 9.17) is 0 Å². The number of nitrogens with one attached hydrogen (secondary N) is 1. The van der Waals surface area contributed by atoms with Crippen LogP contribution < -0.4 is 4.72 Å². The molecule has 8 heteroatoms. The number of carbonyl (C=O) groups excluding carboxylic acids is 2. The highest BCUT2D eigenvalue weighted by atomic mass is 32.2. The maximum absolute atomic E-state index is 12.8. The van der Waals surface area contributed by atoms with E-state index in [-0.39, 0.29) is 35.0 Å². The van der Waals surface area contributed by atoms with Crippen molar-refractivity contribution in [3.8, 4) is 0 Å². The molecule has 4 rings (SSSR count). The van der Waals surface area contributed by atoms with Crippen molar-refractivity contribution in [1.82, 2.24) is 14.6 Å². The molecule has 0 bridgehead atoms. The minimum absolute atomic E-state index is 0.0655. The van der Waals surface area contributed by atoms with Gasteiger partial charge >= 0.3 is 0 Å². The van der Waals surface area contributed by atoms with Gasteiger partial charge in [0.15, 0.2) is 0 Å². The summed E-state index contributed by atoms with van der Waals surface area (Å²) in [6.45, 7) is 4.32. The lowest BCUT2D eigenvalue weighted by Crippen LogP contribution is -2.43. The summed E-state index contributed by atoms with van der Waals surface area (Å²) >= 11 is 0. The van der Waals surface area contributed by atoms with Crippen LogP contribution in [-0.2, 0) is 16.6 Å². The van der Waals surface area contributed by atoms with Crippen LogP contribution in [0.5, 0.6) is 0 Å². The zero-order chi connectivity index (χ0) is 21.5. The van der Waals surface area contributed by atoms with Gasteiger partial charge in [-0.2, -0.15) is 0 Å². The highest BCUT2D eigenvalue weighted by molar-refractivity contribution is 7.89. The summed E-state index contributed by atoms with van der Waals surface area (Å²) in [5.74, 6) is -0.0468. The van der Waals surface area contributed by atoms with Crippen LogP contribution in [0, 0.1) is 11.8 Å². The Morgan fingerprint density at radius 1 is 1.07 bits per heavy atom. The zero-order valence-corrected chi connectivity index (χ0v) is 17.9. The molecule has 0 saturated heterocycles. The molecular weight excluding hydrogens is 402 g/mol. The Labute approximate surface area is 176 Å². The van der Waals surface area contributed by atoms with Gasteiger partial charge in [0, 0.05) is 12.2 Å². The topological polar surface area (TPSA) is 96.4 Å². The van der Waals surface area contributed by atoms with Gasteiger partial charge in [0.05, 0.1) is 17.0 Å². The molecule has 1 saturated carbocycles. The first-order chi connectivity index (χ1) is 14.3. The van der Waals surface area contributed by atoms with Crippen LogP contribution in [0.2, 0.25) is 0 Å². The molecule has 2 heterocycles. The van der Waals surface area contributed by atoms with Gasteiger partial charge in [-0.25, -0.2) is 13.1 Å². The minimum Gasteiger partial charge on any atom is -0.268 e. The smallest absolute Gasteiger partial charge is 0.268 e. The second-order valence-corrected chi connectivity index (χ2v) is 9.95. The maximum atomic E-state index is 12.8. The van der Waals surface area contributed by atoms with Gasteiger partial charge < -0.3 is 0 Å².